The molecule has 7 heteroatoms. The summed E-state index contributed by atoms with van der Waals surface area (Å²) in [6.45, 7) is 2.92. The third-order valence-corrected chi connectivity index (χ3v) is 3.05. The molecule has 0 aromatic heterocycles. The molecular formula is C9H16FNO5. The molecule has 6 nitrogen and oxygen atoms in total. The van der Waals surface area contributed by atoms with Crippen LogP contribution in [0.3, 0.4) is 0 Å². The molecule has 0 amide bonds. The summed E-state index contributed by atoms with van der Waals surface area (Å²) < 4.78 is 28.2. The molecule has 1 fully saturated rings. The maximum Gasteiger partial charge on any atom is 0.278 e. The summed E-state index contributed by atoms with van der Waals surface area (Å²) in [4.78, 5) is 10.5. The topological polar surface area (TPSA) is 70.8 Å². The Balaban J connectivity index is 3.06. The Labute approximate surface area is 92.8 Å². The summed E-state index contributed by atoms with van der Waals surface area (Å²) in [7, 11) is 2.48. The molecule has 0 bridgehead atoms. The second-order valence-electron chi connectivity index (χ2n) is 3.99. The third kappa shape index (κ3) is 1.79. The van der Waals surface area contributed by atoms with Crippen molar-refractivity contribution in [1.29, 1.82) is 0 Å². The molecule has 1 heterocycles. The Bertz CT molecular complexity index is 277. The van der Waals surface area contributed by atoms with Gasteiger partial charge in [0.2, 0.25) is 6.36 Å². The van der Waals surface area contributed by atoms with Crippen molar-refractivity contribution >= 4 is 0 Å². The van der Waals surface area contributed by atoms with Gasteiger partial charge in [-0.1, -0.05) is 0 Å². The lowest BCUT2D eigenvalue weighted by Gasteiger charge is -2.26. The first-order valence-electron chi connectivity index (χ1n) is 4.89. The molecule has 0 spiro atoms. The van der Waals surface area contributed by atoms with E-state index in [1.807, 2.05) is 0 Å². The lowest BCUT2D eigenvalue weighted by molar-refractivity contribution is -0.584. The van der Waals surface area contributed by atoms with Gasteiger partial charge in [-0.2, -0.15) is 0 Å². The van der Waals surface area contributed by atoms with Crippen LogP contribution in [0.5, 0.6) is 0 Å². The smallest absolute Gasteiger partial charge is 0.278 e. The molecule has 0 aromatic rings. The van der Waals surface area contributed by atoms with Gasteiger partial charge in [0, 0.05) is 26.1 Å². The summed E-state index contributed by atoms with van der Waals surface area (Å²) >= 11 is 0. The molecule has 1 aliphatic heterocycles. The van der Waals surface area contributed by atoms with Crippen LogP contribution in [0.1, 0.15) is 13.8 Å². The Morgan fingerprint density at radius 3 is 2.50 bits per heavy atom. The van der Waals surface area contributed by atoms with Gasteiger partial charge in [0.15, 0.2) is 12.2 Å². The number of hydrogen-bond donors (Lipinski definition) is 0. The molecule has 0 unspecified atom stereocenters. The SMILES string of the molecule is CO[C@@H](F)[C@@H]1O[C@@H](C)[C@H](OC)[C@]1(C)[N+](=O)[O-]. The van der Waals surface area contributed by atoms with Gasteiger partial charge in [-0.25, -0.2) is 4.39 Å². The van der Waals surface area contributed by atoms with Crippen molar-refractivity contribution in [2.75, 3.05) is 14.2 Å². The molecular weight excluding hydrogens is 221 g/mol. The van der Waals surface area contributed by atoms with Gasteiger partial charge in [-0.05, 0) is 6.92 Å². The molecule has 1 saturated heterocycles. The highest BCUT2D eigenvalue weighted by molar-refractivity contribution is 5.02. The van der Waals surface area contributed by atoms with E-state index < -0.39 is 35.1 Å². The standard InChI is InChI=1S/C9H16FNO5/c1-5-6(14-3)9(2,11(12)13)7(16-5)8(10)15-4/h5-8H,1-4H3/t5-,6-,7-,8+,9-/m0/s1. The van der Waals surface area contributed by atoms with Crippen LogP contribution in [0, 0.1) is 10.1 Å². The van der Waals surface area contributed by atoms with Crippen molar-refractivity contribution in [3.05, 3.63) is 10.1 Å². The average molecular weight is 237 g/mol. The number of hydrogen-bond acceptors (Lipinski definition) is 5. The van der Waals surface area contributed by atoms with Crippen LogP contribution in [0.15, 0.2) is 0 Å². The fourth-order valence-corrected chi connectivity index (χ4v) is 2.17. The van der Waals surface area contributed by atoms with Crippen LogP contribution >= 0.6 is 0 Å². The van der Waals surface area contributed by atoms with E-state index in [0.717, 1.165) is 7.11 Å². The minimum Gasteiger partial charge on any atom is -0.371 e. The van der Waals surface area contributed by atoms with Crippen LogP contribution in [-0.4, -0.2) is 49.4 Å². The molecule has 16 heavy (non-hydrogen) atoms. The minimum absolute atomic E-state index is 0.557. The van der Waals surface area contributed by atoms with Gasteiger partial charge in [0.1, 0.15) is 0 Å². The van der Waals surface area contributed by atoms with E-state index in [1.54, 1.807) is 6.92 Å². The second-order valence-corrected chi connectivity index (χ2v) is 3.99. The number of alkyl halides is 1. The minimum atomic E-state index is -1.85. The fourth-order valence-electron chi connectivity index (χ4n) is 2.17. The number of methoxy groups -OCH3 is 2. The highest BCUT2D eigenvalue weighted by atomic mass is 19.1. The predicted octanol–water partition coefficient (Wildman–Crippen LogP) is 0.766. The lowest BCUT2D eigenvalue weighted by atomic mass is 9.89. The average Bonchev–Trinajstić information content (AvgIpc) is 2.50. The molecule has 0 radical (unpaired) electrons. The van der Waals surface area contributed by atoms with Crippen molar-refractivity contribution in [3.8, 4) is 0 Å². The van der Waals surface area contributed by atoms with Crippen molar-refractivity contribution in [2.45, 2.75) is 44.1 Å². The van der Waals surface area contributed by atoms with Gasteiger partial charge in [-0.15, -0.1) is 0 Å². The zero-order valence-electron chi connectivity index (χ0n) is 9.68. The van der Waals surface area contributed by atoms with E-state index in [0.29, 0.717) is 0 Å². The van der Waals surface area contributed by atoms with E-state index in [1.165, 1.54) is 14.0 Å². The van der Waals surface area contributed by atoms with Gasteiger partial charge < -0.3 is 14.2 Å². The summed E-state index contributed by atoms with van der Waals surface area (Å²) in [6.07, 6.45) is -4.48. The Morgan fingerprint density at radius 1 is 1.56 bits per heavy atom. The van der Waals surface area contributed by atoms with E-state index >= 15 is 0 Å². The van der Waals surface area contributed by atoms with Gasteiger partial charge in [0.05, 0.1) is 6.10 Å². The summed E-state index contributed by atoms with van der Waals surface area (Å²) in [6, 6.07) is 0. The molecule has 5 atom stereocenters. The maximum atomic E-state index is 13.5. The first-order chi connectivity index (χ1) is 7.39. The number of nitrogens with zero attached hydrogens (tertiary/aromatic N) is 1. The van der Waals surface area contributed by atoms with Crippen LogP contribution in [0.25, 0.3) is 0 Å². The Hall–Kier alpha value is -0.790. The maximum absolute atomic E-state index is 13.5. The van der Waals surface area contributed by atoms with Gasteiger partial charge in [0.25, 0.3) is 5.54 Å². The molecule has 0 saturated carbocycles. The van der Waals surface area contributed by atoms with E-state index in [9.17, 15) is 14.5 Å². The molecule has 1 rings (SSSR count). The highest BCUT2D eigenvalue weighted by Crippen LogP contribution is 2.38. The monoisotopic (exact) mass is 237 g/mol. The van der Waals surface area contributed by atoms with Gasteiger partial charge in [-0.3, -0.25) is 10.1 Å². The zero-order valence-corrected chi connectivity index (χ0v) is 9.68. The van der Waals surface area contributed by atoms with Crippen LogP contribution < -0.4 is 0 Å². The zero-order chi connectivity index (χ0) is 12.5. The number of ether oxygens (including phenoxy) is 3. The summed E-state index contributed by atoms with van der Waals surface area (Å²) in [5.41, 5.74) is -1.65. The van der Waals surface area contributed by atoms with Crippen molar-refractivity contribution in [2.24, 2.45) is 0 Å². The first kappa shape index (κ1) is 13.3. The number of nitro groups is 1. The molecule has 0 N–H and O–H groups in total. The van der Waals surface area contributed by atoms with Crippen LogP contribution in [-0.2, 0) is 14.2 Å². The normalized spacial score (nSPS) is 40.9. The molecule has 0 aromatic carbocycles. The van der Waals surface area contributed by atoms with E-state index in [2.05, 4.69) is 4.74 Å². The van der Waals surface area contributed by atoms with Crippen LogP contribution in [0.4, 0.5) is 4.39 Å². The van der Waals surface area contributed by atoms with E-state index in [-0.39, 0.29) is 0 Å². The fraction of sp³-hybridized carbons (Fsp3) is 1.00. The first-order valence-corrected chi connectivity index (χ1v) is 4.89. The molecule has 1 aliphatic rings. The molecule has 94 valence electrons. The summed E-state index contributed by atoms with van der Waals surface area (Å²) in [5, 5.41) is 11.1. The third-order valence-electron chi connectivity index (χ3n) is 3.05. The highest BCUT2D eigenvalue weighted by Gasteiger charge is 2.65. The summed E-state index contributed by atoms with van der Waals surface area (Å²) in [5.74, 6) is 0. The Morgan fingerprint density at radius 2 is 2.12 bits per heavy atom. The van der Waals surface area contributed by atoms with Gasteiger partial charge >= 0.3 is 0 Å². The quantitative estimate of drug-likeness (QED) is 0.533. The lowest BCUT2D eigenvalue weighted by Crippen LogP contribution is -2.55. The van der Waals surface area contributed by atoms with Crippen molar-refractivity contribution < 1.29 is 23.5 Å². The predicted molar refractivity (Wildman–Crippen MR) is 52.4 cm³/mol. The van der Waals surface area contributed by atoms with Crippen LogP contribution in [0.2, 0.25) is 0 Å². The second kappa shape index (κ2) is 4.60. The van der Waals surface area contributed by atoms with Crippen molar-refractivity contribution in [3.63, 3.8) is 0 Å². The Kier molecular flexibility index (Phi) is 3.82. The molecule has 0 aliphatic carbocycles. The number of rotatable bonds is 4. The van der Waals surface area contributed by atoms with E-state index in [4.69, 9.17) is 9.47 Å². The number of halogens is 1. The largest absolute Gasteiger partial charge is 0.371 e. The van der Waals surface area contributed by atoms with Crippen molar-refractivity contribution in [1.82, 2.24) is 0 Å².